The van der Waals surface area contributed by atoms with Gasteiger partial charge in [-0.15, -0.1) is 12.3 Å². The first-order valence-corrected chi connectivity index (χ1v) is 5.47. The predicted molar refractivity (Wildman–Crippen MR) is 49.2 cm³/mol. The zero-order valence-electron chi connectivity index (χ0n) is 5.72. The van der Waals surface area contributed by atoms with Crippen molar-refractivity contribution in [2.24, 2.45) is 0 Å². The fraction of sp³-hybridized carbons (Fsp3) is 0.714. The van der Waals surface area contributed by atoms with Crippen LogP contribution in [0.25, 0.3) is 0 Å². The summed E-state index contributed by atoms with van der Waals surface area (Å²) in [6, 6.07) is 0. The van der Waals surface area contributed by atoms with Crippen LogP contribution in [-0.4, -0.2) is 23.5 Å². The molecule has 0 aliphatic carbocycles. The van der Waals surface area contributed by atoms with Crippen LogP contribution in [0.2, 0.25) is 0 Å². The predicted octanol–water partition coefficient (Wildman–Crippen LogP) is 2.11. The molecule has 0 aromatic heterocycles. The zero-order valence-corrected chi connectivity index (χ0v) is 7.36. The van der Waals surface area contributed by atoms with E-state index in [0.29, 0.717) is 0 Å². The summed E-state index contributed by atoms with van der Waals surface area (Å²) in [5.41, 5.74) is 0. The van der Waals surface area contributed by atoms with Gasteiger partial charge in [-0.3, -0.25) is 0 Å². The van der Waals surface area contributed by atoms with Crippen molar-refractivity contribution < 1.29 is 0 Å². The maximum Gasteiger partial charge on any atom is 0.0177 e. The minimum atomic E-state index is 0.916. The Labute approximate surface area is 66.2 Å². The minimum Gasteiger partial charge on any atom is -0.165 e. The molecule has 0 bridgehead atoms. The molecule has 0 nitrogen and oxygen atoms in total. The molecule has 52 valence electrons. The SMILES string of the molecule is C#CCCSCCSC. The van der Waals surface area contributed by atoms with Gasteiger partial charge in [0, 0.05) is 23.7 Å². The van der Waals surface area contributed by atoms with Crippen molar-refractivity contribution in [3.63, 3.8) is 0 Å². The van der Waals surface area contributed by atoms with Gasteiger partial charge in [0.15, 0.2) is 0 Å². The summed E-state index contributed by atoms with van der Waals surface area (Å²) in [5.74, 6) is 6.22. The summed E-state index contributed by atoms with van der Waals surface area (Å²) in [7, 11) is 0. The van der Waals surface area contributed by atoms with Gasteiger partial charge in [-0.1, -0.05) is 0 Å². The molecule has 0 aromatic rings. The standard InChI is InChI=1S/C7H12S2/c1-3-4-5-9-7-6-8-2/h1H,4-7H2,2H3. The maximum atomic E-state index is 5.07. The second kappa shape index (κ2) is 8.26. The topological polar surface area (TPSA) is 0 Å². The number of thioether (sulfide) groups is 2. The van der Waals surface area contributed by atoms with E-state index in [1.54, 1.807) is 0 Å². The Morgan fingerprint density at radius 3 is 2.67 bits per heavy atom. The summed E-state index contributed by atoms with van der Waals surface area (Å²) in [4.78, 5) is 0. The fourth-order valence-corrected chi connectivity index (χ4v) is 1.98. The Bertz CT molecular complexity index is 83.4. The number of rotatable bonds is 5. The molecule has 0 unspecified atom stereocenters. The van der Waals surface area contributed by atoms with E-state index in [4.69, 9.17) is 6.42 Å². The van der Waals surface area contributed by atoms with Crippen LogP contribution in [0.5, 0.6) is 0 Å². The lowest BCUT2D eigenvalue weighted by Crippen LogP contribution is -1.84. The molecule has 0 aliphatic heterocycles. The lowest BCUT2D eigenvalue weighted by Gasteiger charge is -1.94. The Balaban J connectivity index is 2.69. The molecule has 0 amide bonds. The third kappa shape index (κ3) is 8.26. The van der Waals surface area contributed by atoms with E-state index in [9.17, 15) is 0 Å². The maximum absolute atomic E-state index is 5.07. The van der Waals surface area contributed by atoms with Crippen LogP contribution in [0.15, 0.2) is 0 Å². The smallest absolute Gasteiger partial charge is 0.0177 e. The highest BCUT2D eigenvalue weighted by molar-refractivity contribution is 8.02. The molecule has 9 heavy (non-hydrogen) atoms. The summed E-state index contributed by atoms with van der Waals surface area (Å²) < 4.78 is 0. The van der Waals surface area contributed by atoms with Crippen LogP contribution in [0, 0.1) is 12.3 Å². The Kier molecular flexibility index (Phi) is 8.50. The van der Waals surface area contributed by atoms with E-state index in [1.807, 2.05) is 23.5 Å². The van der Waals surface area contributed by atoms with Gasteiger partial charge in [-0.25, -0.2) is 0 Å². The molecule has 0 N–H and O–H groups in total. The molecular formula is C7H12S2. The second-order valence-electron chi connectivity index (χ2n) is 1.56. The van der Waals surface area contributed by atoms with Gasteiger partial charge in [0.2, 0.25) is 0 Å². The molecule has 0 radical (unpaired) electrons. The highest BCUT2D eigenvalue weighted by Gasteiger charge is 1.84. The molecule has 0 atom stereocenters. The van der Waals surface area contributed by atoms with Gasteiger partial charge in [0.25, 0.3) is 0 Å². The van der Waals surface area contributed by atoms with E-state index in [1.165, 1.54) is 11.5 Å². The van der Waals surface area contributed by atoms with Crippen molar-refractivity contribution in [2.45, 2.75) is 6.42 Å². The van der Waals surface area contributed by atoms with Crippen LogP contribution in [0.4, 0.5) is 0 Å². The average Bonchev–Trinajstić information content (AvgIpc) is 1.89. The van der Waals surface area contributed by atoms with Gasteiger partial charge in [-0.2, -0.15) is 23.5 Å². The normalized spacial score (nSPS) is 8.89. The number of hydrogen-bond acceptors (Lipinski definition) is 2. The van der Waals surface area contributed by atoms with Crippen molar-refractivity contribution in [1.82, 2.24) is 0 Å². The quantitative estimate of drug-likeness (QED) is 0.446. The van der Waals surface area contributed by atoms with Gasteiger partial charge in [0.05, 0.1) is 0 Å². The van der Waals surface area contributed by atoms with Crippen LogP contribution in [0.3, 0.4) is 0 Å². The molecule has 0 saturated heterocycles. The van der Waals surface area contributed by atoms with E-state index in [0.717, 1.165) is 12.2 Å². The Morgan fingerprint density at radius 2 is 2.11 bits per heavy atom. The lowest BCUT2D eigenvalue weighted by atomic mass is 10.5. The molecule has 0 fully saturated rings. The highest BCUT2D eigenvalue weighted by atomic mass is 32.2. The van der Waals surface area contributed by atoms with Gasteiger partial charge in [0.1, 0.15) is 0 Å². The molecule has 0 aromatic carbocycles. The number of terminal acetylenes is 1. The van der Waals surface area contributed by atoms with Crippen molar-refractivity contribution in [1.29, 1.82) is 0 Å². The Morgan fingerprint density at radius 1 is 1.33 bits per heavy atom. The van der Waals surface area contributed by atoms with E-state index < -0.39 is 0 Å². The zero-order chi connectivity index (χ0) is 6.95. The van der Waals surface area contributed by atoms with E-state index in [2.05, 4.69) is 12.2 Å². The van der Waals surface area contributed by atoms with Crippen LogP contribution in [-0.2, 0) is 0 Å². The van der Waals surface area contributed by atoms with E-state index in [-0.39, 0.29) is 0 Å². The fourth-order valence-electron chi connectivity index (χ4n) is 0.375. The minimum absolute atomic E-state index is 0.916. The van der Waals surface area contributed by atoms with Crippen molar-refractivity contribution in [2.75, 3.05) is 23.5 Å². The van der Waals surface area contributed by atoms with Crippen molar-refractivity contribution in [3.8, 4) is 12.3 Å². The Hall–Kier alpha value is 0.260. The van der Waals surface area contributed by atoms with Crippen molar-refractivity contribution in [3.05, 3.63) is 0 Å². The molecule has 0 heterocycles. The highest BCUT2D eigenvalue weighted by Crippen LogP contribution is 2.04. The largest absolute Gasteiger partial charge is 0.165 e. The van der Waals surface area contributed by atoms with Gasteiger partial charge < -0.3 is 0 Å². The second-order valence-corrected chi connectivity index (χ2v) is 3.77. The third-order valence-corrected chi connectivity index (χ3v) is 2.68. The molecule has 2 heteroatoms. The van der Waals surface area contributed by atoms with Crippen molar-refractivity contribution >= 4 is 23.5 Å². The first-order valence-electron chi connectivity index (χ1n) is 2.92. The summed E-state index contributed by atoms with van der Waals surface area (Å²) >= 11 is 3.83. The third-order valence-electron chi connectivity index (χ3n) is 0.823. The molecule has 0 aliphatic rings. The van der Waals surface area contributed by atoms with Crippen LogP contribution < -0.4 is 0 Å². The molecule has 0 rings (SSSR count). The number of hydrogen-bond donors (Lipinski definition) is 0. The van der Waals surface area contributed by atoms with Gasteiger partial charge in [-0.05, 0) is 6.26 Å². The molecule has 0 spiro atoms. The van der Waals surface area contributed by atoms with Gasteiger partial charge >= 0.3 is 0 Å². The average molecular weight is 160 g/mol. The first-order chi connectivity index (χ1) is 4.41. The summed E-state index contributed by atoms with van der Waals surface area (Å²) in [5, 5.41) is 0. The van der Waals surface area contributed by atoms with Crippen LogP contribution in [0.1, 0.15) is 6.42 Å². The first kappa shape index (κ1) is 9.26. The summed E-state index contributed by atoms with van der Waals surface area (Å²) in [6.45, 7) is 0. The molecular weight excluding hydrogens is 148 g/mol. The summed E-state index contributed by atoms with van der Waals surface area (Å²) in [6.07, 6.45) is 8.12. The lowest BCUT2D eigenvalue weighted by molar-refractivity contribution is 1.30. The van der Waals surface area contributed by atoms with E-state index >= 15 is 0 Å². The molecule has 0 saturated carbocycles. The monoisotopic (exact) mass is 160 g/mol. The van der Waals surface area contributed by atoms with Crippen LogP contribution >= 0.6 is 23.5 Å².